The Morgan fingerprint density at radius 3 is 1.35 bits per heavy atom. The molecule has 0 aliphatic rings. The second kappa shape index (κ2) is 23.9. The van der Waals surface area contributed by atoms with Crippen LogP contribution in [0.3, 0.4) is 0 Å². The summed E-state index contributed by atoms with van der Waals surface area (Å²) in [7, 11) is 0. The van der Waals surface area contributed by atoms with Crippen molar-refractivity contribution in [2.45, 2.75) is 73.2 Å². The van der Waals surface area contributed by atoms with Gasteiger partial charge in [-0.3, -0.25) is 9.59 Å². The van der Waals surface area contributed by atoms with Gasteiger partial charge in [-0.25, -0.2) is 4.79 Å². The number of hydrogen-bond acceptors (Lipinski definition) is 7. The number of hydrogen-bond donors (Lipinski definition) is 4. The van der Waals surface area contributed by atoms with E-state index in [1.807, 2.05) is 0 Å². The Morgan fingerprint density at radius 1 is 0.885 bits per heavy atom. The van der Waals surface area contributed by atoms with Gasteiger partial charge in [-0.1, -0.05) is 6.58 Å². The monoisotopic (exact) mass is 414 g/mol. The minimum atomic E-state index is -1.24. The molecule has 0 saturated carbocycles. The molecule has 0 heterocycles. The maximum atomic E-state index is 10.7. The Hall–Kier alpha value is -1.06. The molecule has 0 aromatic heterocycles. The largest absolute Gasteiger partial charge is 0.481 e. The molecule has 0 spiro atoms. The fourth-order valence-corrected chi connectivity index (χ4v) is 0.489. The van der Waals surface area contributed by atoms with Gasteiger partial charge in [0.2, 0.25) is 0 Å². The van der Waals surface area contributed by atoms with Gasteiger partial charge >= 0.3 is 11.9 Å². The third-order valence-corrected chi connectivity index (χ3v) is 1.06. The molecule has 26 heavy (non-hydrogen) atoms. The minimum absolute atomic E-state index is 0. The predicted molar refractivity (Wildman–Crippen MR) is 95.1 cm³/mol. The van der Waals surface area contributed by atoms with Gasteiger partial charge in [0, 0.05) is 45.6 Å². The number of Topliss-reactive ketones (excluding diaryl/α,β-unsaturated/α-hetero) is 1. The van der Waals surface area contributed by atoms with E-state index in [2.05, 4.69) is 11.3 Å². The fourth-order valence-electron chi connectivity index (χ4n) is 0.489. The molecule has 0 radical (unpaired) electrons. The van der Waals surface area contributed by atoms with E-state index in [4.69, 9.17) is 20.4 Å². The smallest absolute Gasteiger partial charge is 0.333 e. The number of carbonyl (C=O) groups excluding carboxylic acids is 2. The number of esters is 1. The van der Waals surface area contributed by atoms with Gasteiger partial charge in [-0.2, -0.15) is 0 Å². The van der Waals surface area contributed by atoms with Crippen LogP contribution in [0.2, 0.25) is 0 Å². The predicted octanol–water partition coefficient (Wildman–Crippen LogP) is 1.31. The molecule has 0 amide bonds. The quantitative estimate of drug-likeness (QED) is 0.228. The normalized spacial score (nSPS) is 8.65. The zero-order valence-electron chi connectivity index (χ0n) is 16.8. The maximum Gasteiger partial charge on any atom is 0.333 e. The number of aliphatic hydroxyl groups is 3. The SMILES string of the molecule is C=C(C)C(=O)OCC(=O)CC(=O)O.CC(C)O.CC(C)O.CC(C)O.[Ti]. The molecule has 0 atom stereocenters. The van der Waals surface area contributed by atoms with Crippen molar-refractivity contribution in [2.24, 2.45) is 0 Å². The molecule has 0 aromatic rings. The molecule has 8 nitrogen and oxygen atoms in total. The maximum absolute atomic E-state index is 10.7. The van der Waals surface area contributed by atoms with Crippen molar-refractivity contribution in [1.82, 2.24) is 0 Å². The molecule has 0 bridgehead atoms. The zero-order valence-corrected chi connectivity index (χ0v) is 18.3. The van der Waals surface area contributed by atoms with Crippen LogP contribution in [-0.2, 0) is 40.8 Å². The Kier molecular flexibility index (Phi) is 33.1. The number of ketones is 1. The zero-order chi connectivity index (χ0) is 21.2. The van der Waals surface area contributed by atoms with Gasteiger partial charge in [-0.15, -0.1) is 0 Å². The number of carbonyl (C=O) groups is 3. The van der Waals surface area contributed by atoms with E-state index in [0.29, 0.717) is 0 Å². The molecule has 154 valence electrons. The Morgan fingerprint density at radius 2 is 1.15 bits per heavy atom. The summed E-state index contributed by atoms with van der Waals surface area (Å²) in [6, 6.07) is 0. The first-order valence-electron chi connectivity index (χ1n) is 7.73. The van der Waals surface area contributed by atoms with Crippen LogP contribution >= 0.6 is 0 Å². The van der Waals surface area contributed by atoms with Gasteiger partial charge in [0.1, 0.15) is 6.42 Å². The van der Waals surface area contributed by atoms with Crippen molar-refractivity contribution in [3.05, 3.63) is 12.2 Å². The fraction of sp³-hybridized carbons (Fsp3) is 0.706. The first-order chi connectivity index (χ1) is 11.1. The molecule has 0 rings (SSSR count). The number of aliphatic carboxylic acids is 1. The van der Waals surface area contributed by atoms with Crippen molar-refractivity contribution in [3.63, 3.8) is 0 Å². The molecule has 0 unspecified atom stereocenters. The molecule has 0 saturated heterocycles. The number of carboxylic acids is 1. The molecular weight excluding hydrogens is 380 g/mol. The number of ether oxygens (including phenoxy) is 1. The van der Waals surface area contributed by atoms with Crippen LogP contribution in [0.4, 0.5) is 0 Å². The van der Waals surface area contributed by atoms with Crippen molar-refractivity contribution < 1.29 is 61.3 Å². The molecular formula is C17H34O8Ti. The van der Waals surface area contributed by atoms with E-state index in [1.165, 1.54) is 6.92 Å². The first-order valence-corrected chi connectivity index (χ1v) is 7.73. The molecule has 9 heteroatoms. The van der Waals surface area contributed by atoms with Crippen LogP contribution in [0, 0.1) is 0 Å². The van der Waals surface area contributed by atoms with Crippen LogP contribution in [0.15, 0.2) is 12.2 Å². The van der Waals surface area contributed by atoms with Gasteiger partial charge in [0.15, 0.2) is 12.4 Å². The van der Waals surface area contributed by atoms with Crippen LogP contribution in [0.1, 0.15) is 54.9 Å². The number of carboxylic acid groups (broad SMARTS) is 1. The standard InChI is InChI=1S/C8H10O5.3C3H8O.Ti/c1-5(2)8(12)13-4-6(9)3-7(10)11;3*1-3(2)4;/h1,3-4H2,2H3,(H,10,11);3*3-4H,1-2H3;. The van der Waals surface area contributed by atoms with Crippen LogP contribution in [0.5, 0.6) is 0 Å². The molecule has 0 aliphatic carbocycles. The average Bonchev–Trinajstić information content (AvgIpc) is 2.32. The summed E-state index contributed by atoms with van der Waals surface area (Å²) in [5, 5.41) is 32.3. The summed E-state index contributed by atoms with van der Waals surface area (Å²) in [5.41, 5.74) is 0.170. The van der Waals surface area contributed by atoms with Crippen LogP contribution in [0.25, 0.3) is 0 Å². The van der Waals surface area contributed by atoms with Gasteiger partial charge in [0.25, 0.3) is 0 Å². The van der Waals surface area contributed by atoms with Crippen LogP contribution in [-0.4, -0.2) is 63.1 Å². The van der Waals surface area contributed by atoms with Crippen molar-refractivity contribution in [2.75, 3.05) is 6.61 Å². The molecule has 0 aliphatic heterocycles. The van der Waals surface area contributed by atoms with E-state index in [0.717, 1.165) is 0 Å². The van der Waals surface area contributed by atoms with Gasteiger partial charge in [-0.05, 0) is 48.5 Å². The summed E-state index contributed by atoms with van der Waals surface area (Å²) >= 11 is 0. The Bertz CT molecular complexity index is 356. The van der Waals surface area contributed by atoms with Crippen molar-refractivity contribution >= 4 is 17.7 Å². The molecule has 0 fully saturated rings. The second-order valence-electron chi connectivity index (χ2n) is 5.75. The Balaban J connectivity index is -0.0000000933. The summed E-state index contributed by atoms with van der Waals surface area (Å²) in [4.78, 5) is 31.4. The van der Waals surface area contributed by atoms with Gasteiger partial charge in [0.05, 0.1) is 0 Å². The first kappa shape index (κ1) is 36.0. The third-order valence-electron chi connectivity index (χ3n) is 1.06. The number of rotatable bonds is 5. The second-order valence-corrected chi connectivity index (χ2v) is 5.75. The summed E-state index contributed by atoms with van der Waals surface area (Å²) in [5.74, 6) is -2.59. The van der Waals surface area contributed by atoms with E-state index in [-0.39, 0.29) is 45.6 Å². The number of aliphatic hydroxyl groups excluding tert-OH is 3. The Labute approximate surface area is 171 Å². The van der Waals surface area contributed by atoms with E-state index in [1.54, 1.807) is 41.5 Å². The van der Waals surface area contributed by atoms with Crippen LogP contribution < -0.4 is 0 Å². The molecule has 0 aromatic carbocycles. The average molecular weight is 414 g/mol. The summed E-state index contributed by atoms with van der Waals surface area (Å²) < 4.78 is 4.41. The van der Waals surface area contributed by atoms with Crippen molar-refractivity contribution in [3.8, 4) is 0 Å². The van der Waals surface area contributed by atoms with Crippen molar-refractivity contribution in [1.29, 1.82) is 0 Å². The third kappa shape index (κ3) is 77.4. The van der Waals surface area contributed by atoms with Gasteiger partial charge < -0.3 is 25.2 Å². The molecule has 4 N–H and O–H groups in total. The van der Waals surface area contributed by atoms with E-state index in [9.17, 15) is 14.4 Å². The minimum Gasteiger partial charge on any atom is -0.481 e. The topological polar surface area (TPSA) is 141 Å². The van der Waals surface area contributed by atoms with E-state index >= 15 is 0 Å². The van der Waals surface area contributed by atoms with E-state index < -0.39 is 30.7 Å². The summed E-state index contributed by atoms with van der Waals surface area (Å²) in [6.07, 6.45) is -1.14. The summed E-state index contributed by atoms with van der Waals surface area (Å²) in [6.45, 7) is 14.5.